The lowest BCUT2D eigenvalue weighted by Crippen LogP contribution is -2.46. The molecule has 1 spiro atoms. The summed E-state index contributed by atoms with van der Waals surface area (Å²) in [5, 5.41) is 24.0. The first-order valence-corrected chi connectivity index (χ1v) is 10.5. The molecule has 0 amide bonds. The van der Waals surface area contributed by atoms with Crippen LogP contribution in [0.1, 0.15) is 29.5 Å². The highest BCUT2D eigenvalue weighted by molar-refractivity contribution is 6.27. The molecule has 0 bridgehead atoms. The van der Waals surface area contributed by atoms with Crippen molar-refractivity contribution in [2.24, 2.45) is 0 Å². The Morgan fingerprint density at radius 1 is 1.18 bits per heavy atom. The SMILES string of the molecule is COc1ccc(C#N)cc1C1=CC2(CCCN(Cc3ccccc3)C2)OC1.O=C(O)C(=O)O. The van der Waals surface area contributed by atoms with Gasteiger partial charge in [-0.05, 0) is 54.8 Å². The number of hydrogen-bond acceptors (Lipinski definition) is 6. The van der Waals surface area contributed by atoms with E-state index in [4.69, 9.17) is 29.3 Å². The van der Waals surface area contributed by atoms with Gasteiger partial charge in [0.2, 0.25) is 0 Å². The first-order chi connectivity index (χ1) is 15.9. The number of benzene rings is 2. The van der Waals surface area contributed by atoms with E-state index in [1.165, 1.54) is 5.56 Å². The normalized spacial score (nSPS) is 19.7. The molecule has 2 N–H and O–H groups in total. The van der Waals surface area contributed by atoms with E-state index in [2.05, 4.69) is 47.4 Å². The van der Waals surface area contributed by atoms with Gasteiger partial charge in [0, 0.05) is 18.7 Å². The largest absolute Gasteiger partial charge is 0.496 e. The van der Waals surface area contributed by atoms with Crippen LogP contribution in [0.2, 0.25) is 0 Å². The second-order valence-corrected chi connectivity index (χ2v) is 7.96. The molecule has 0 aliphatic carbocycles. The van der Waals surface area contributed by atoms with E-state index in [1.807, 2.05) is 12.1 Å². The van der Waals surface area contributed by atoms with Crippen LogP contribution in [-0.2, 0) is 20.9 Å². The first kappa shape index (κ1) is 24.0. The van der Waals surface area contributed by atoms with Gasteiger partial charge in [-0.3, -0.25) is 4.90 Å². The summed E-state index contributed by atoms with van der Waals surface area (Å²) in [6.45, 7) is 3.49. The quantitative estimate of drug-likeness (QED) is 0.682. The Balaban J connectivity index is 0.000000454. The molecule has 1 saturated heterocycles. The Kier molecular flexibility index (Phi) is 7.83. The zero-order chi connectivity index (χ0) is 23.8. The van der Waals surface area contributed by atoms with E-state index in [0.29, 0.717) is 12.2 Å². The fourth-order valence-electron chi connectivity index (χ4n) is 4.16. The molecule has 2 heterocycles. The minimum atomic E-state index is -1.82. The second kappa shape index (κ2) is 10.8. The molecule has 2 aliphatic heterocycles. The molecule has 8 heteroatoms. The highest BCUT2D eigenvalue weighted by Gasteiger charge is 2.39. The predicted octanol–water partition coefficient (Wildman–Crippen LogP) is 3.17. The van der Waals surface area contributed by atoms with E-state index in [9.17, 15) is 5.26 Å². The van der Waals surface area contributed by atoms with Gasteiger partial charge >= 0.3 is 11.9 Å². The summed E-state index contributed by atoms with van der Waals surface area (Å²) in [5.41, 5.74) is 3.82. The summed E-state index contributed by atoms with van der Waals surface area (Å²) in [7, 11) is 1.67. The van der Waals surface area contributed by atoms with E-state index in [1.54, 1.807) is 13.2 Å². The number of likely N-dealkylation sites (tertiary alicyclic amines) is 1. The number of aliphatic carboxylic acids is 2. The van der Waals surface area contributed by atoms with Crippen LogP contribution in [0.15, 0.2) is 54.6 Å². The molecule has 1 fully saturated rings. The van der Waals surface area contributed by atoms with Crippen molar-refractivity contribution in [3.63, 3.8) is 0 Å². The van der Waals surface area contributed by atoms with Gasteiger partial charge in [0.05, 0.1) is 25.3 Å². The number of hydrogen-bond donors (Lipinski definition) is 2. The fraction of sp³-hybridized carbons (Fsp3) is 0.320. The van der Waals surface area contributed by atoms with E-state index < -0.39 is 11.9 Å². The first-order valence-electron chi connectivity index (χ1n) is 10.5. The monoisotopic (exact) mass is 450 g/mol. The van der Waals surface area contributed by atoms with E-state index in [-0.39, 0.29) is 5.60 Å². The van der Waals surface area contributed by atoms with E-state index in [0.717, 1.165) is 49.4 Å². The van der Waals surface area contributed by atoms with Gasteiger partial charge in [0.1, 0.15) is 11.4 Å². The van der Waals surface area contributed by atoms with Gasteiger partial charge in [-0.15, -0.1) is 0 Å². The summed E-state index contributed by atoms with van der Waals surface area (Å²) in [4.78, 5) is 20.7. The third kappa shape index (κ3) is 6.19. The molecule has 33 heavy (non-hydrogen) atoms. The van der Waals surface area contributed by atoms with Crippen LogP contribution >= 0.6 is 0 Å². The molecular formula is C25H26N2O6. The lowest BCUT2D eigenvalue weighted by atomic mass is 9.90. The smallest absolute Gasteiger partial charge is 0.414 e. The molecule has 1 atom stereocenters. The second-order valence-electron chi connectivity index (χ2n) is 7.96. The number of carboxylic acid groups (broad SMARTS) is 2. The third-order valence-electron chi connectivity index (χ3n) is 5.62. The van der Waals surface area contributed by atoms with E-state index >= 15 is 0 Å². The summed E-state index contributed by atoms with van der Waals surface area (Å²) in [5.74, 6) is -2.86. The average molecular weight is 450 g/mol. The maximum atomic E-state index is 9.24. The van der Waals surface area contributed by atoms with Crippen LogP contribution in [-0.4, -0.2) is 59.5 Å². The Morgan fingerprint density at radius 3 is 2.55 bits per heavy atom. The molecule has 172 valence electrons. The minimum Gasteiger partial charge on any atom is -0.496 e. The molecule has 0 radical (unpaired) electrons. The number of carboxylic acids is 2. The van der Waals surface area contributed by atoms with Gasteiger partial charge in [-0.1, -0.05) is 30.3 Å². The third-order valence-corrected chi connectivity index (χ3v) is 5.62. The number of carbonyl (C=O) groups is 2. The summed E-state index contributed by atoms with van der Waals surface area (Å²) in [6.07, 6.45) is 4.41. The number of piperidine rings is 1. The molecule has 2 aromatic rings. The van der Waals surface area contributed by atoms with Gasteiger partial charge in [0.25, 0.3) is 0 Å². The zero-order valence-corrected chi connectivity index (χ0v) is 18.4. The standard InChI is InChI=1S/C23H24N2O2.C2H2O4/c1-26-22-9-8-19(14-24)12-21(22)20-13-23(27-16-20)10-5-11-25(17-23)15-18-6-3-2-4-7-18;3-1(4)2(5)6/h2-4,6-9,12-13H,5,10-11,15-17H2,1H3;(H,3,4)(H,5,6). The van der Waals surface area contributed by atoms with Gasteiger partial charge in [-0.25, -0.2) is 9.59 Å². The molecule has 1 unspecified atom stereocenters. The zero-order valence-electron chi connectivity index (χ0n) is 18.4. The van der Waals surface area contributed by atoms with Crippen molar-refractivity contribution in [3.8, 4) is 11.8 Å². The van der Waals surface area contributed by atoms with Crippen molar-refractivity contribution >= 4 is 17.5 Å². The summed E-state index contributed by atoms with van der Waals surface area (Å²) in [6, 6.07) is 18.4. The predicted molar refractivity (Wildman–Crippen MR) is 121 cm³/mol. The Hall–Kier alpha value is -3.67. The van der Waals surface area contributed by atoms with Crippen molar-refractivity contribution in [2.45, 2.75) is 25.0 Å². The van der Waals surface area contributed by atoms with Crippen molar-refractivity contribution in [3.05, 3.63) is 71.3 Å². The Bertz CT molecular complexity index is 1060. The maximum absolute atomic E-state index is 9.24. The molecule has 4 rings (SSSR count). The van der Waals surface area contributed by atoms with Crippen LogP contribution in [0.3, 0.4) is 0 Å². The molecule has 0 aromatic heterocycles. The minimum absolute atomic E-state index is 0.240. The highest BCUT2D eigenvalue weighted by Crippen LogP contribution is 2.39. The van der Waals surface area contributed by atoms with Crippen molar-refractivity contribution in [1.82, 2.24) is 4.90 Å². The number of rotatable bonds is 4. The van der Waals surface area contributed by atoms with Crippen molar-refractivity contribution in [2.75, 3.05) is 26.8 Å². The highest BCUT2D eigenvalue weighted by atomic mass is 16.5. The fourth-order valence-corrected chi connectivity index (χ4v) is 4.16. The Labute approximate surface area is 192 Å². The van der Waals surface area contributed by atoms with Gasteiger partial charge < -0.3 is 19.7 Å². The summed E-state index contributed by atoms with van der Waals surface area (Å²) < 4.78 is 11.8. The van der Waals surface area contributed by atoms with Crippen LogP contribution < -0.4 is 4.74 Å². The number of ether oxygens (including phenoxy) is 2. The van der Waals surface area contributed by atoms with Gasteiger partial charge in [-0.2, -0.15) is 5.26 Å². The van der Waals surface area contributed by atoms with Crippen molar-refractivity contribution in [1.29, 1.82) is 5.26 Å². The lowest BCUT2D eigenvalue weighted by molar-refractivity contribution is -0.159. The number of nitriles is 1. The van der Waals surface area contributed by atoms with Crippen LogP contribution in [0.25, 0.3) is 5.57 Å². The molecular weight excluding hydrogens is 424 g/mol. The Morgan fingerprint density at radius 2 is 1.91 bits per heavy atom. The topological polar surface area (TPSA) is 120 Å². The number of methoxy groups -OCH3 is 1. The van der Waals surface area contributed by atoms with Crippen molar-refractivity contribution < 1.29 is 29.3 Å². The lowest BCUT2D eigenvalue weighted by Gasteiger charge is -2.38. The maximum Gasteiger partial charge on any atom is 0.414 e. The van der Waals surface area contributed by atoms with Gasteiger partial charge in [0.15, 0.2) is 0 Å². The summed E-state index contributed by atoms with van der Waals surface area (Å²) >= 11 is 0. The molecule has 2 aliphatic rings. The molecule has 2 aromatic carbocycles. The van der Waals surface area contributed by atoms with Crippen LogP contribution in [0.5, 0.6) is 5.75 Å². The van der Waals surface area contributed by atoms with Crippen LogP contribution in [0, 0.1) is 11.3 Å². The molecule has 8 nitrogen and oxygen atoms in total. The van der Waals surface area contributed by atoms with Crippen LogP contribution in [0.4, 0.5) is 0 Å². The average Bonchev–Trinajstić information content (AvgIpc) is 3.22. The molecule has 0 saturated carbocycles. The number of nitrogens with zero attached hydrogens (tertiary/aromatic N) is 2.